The van der Waals surface area contributed by atoms with E-state index in [1.165, 1.54) is 0 Å². The quantitative estimate of drug-likeness (QED) is 0.719. The zero-order valence-electron chi connectivity index (χ0n) is 16.4. The molecule has 0 aromatic heterocycles. The van der Waals surface area contributed by atoms with E-state index in [0.29, 0.717) is 36.6 Å². The van der Waals surface area contributed by atoms with Gasteiger partial charge in [0.05, 0.1) is 13.2 Å². The Morgan fingerprint density at radius 1 is 1.14 bits per heavy atom. The third-order valence-electron chi connectivity index (χ3n) is 4.59. The van der Waals surface area contributed by atoms with Crippen molar-refractivity contribution in [1.29, 1.82) is 0 Å². The molecule has 1 heterocycles. The number of hydrogen-bond donors (Lipinski definition) is 2. The summed E-state index contributed by atoms with van der Waals surface area (Å²) in [6.07, 6.45) is 1.49. The van der Waals surface area contributed by atoms with E-state index in [9.17, 15) is 14.4 Å². The second-order valence-corrected chi connectivity index (χ2v) is 6.81. The number of carbonyl (C=O) groups excluding carboxylic acids is 3. The zero-order chi connectivity index (χ0) is 20.6. The first-order valence-corrected chi connectivity index (χ1v) is 9.73. The summed E-state index contributed by atoms with van der Waals surface area (Å²) in [4.78, 5) is 37.9. The second-order valence-electron chi connectivity index (χ2n) is 6.81. The largest absolute Gasteiger partial charge is 0.494 e. The Morgan fingerprint density at radius 2 is 1.93 bits per heavy atom. The summed E-state index contributed by atoms with van der Waals surface area (Å²) in [6, 6.07) is 14.1. The summed E-state index contributed by atoms with van der Waals surface area (Å²) in [6.45, 7) is 3.62. The fraction of sp³-hybridized carbons (Fsp3) is 0.318. The SMILES string of the molecule is CCOc1ccc(C(=O)NCC(=O)Nc2cccc(CN3CCCC3=O)c2)cc1. The predicted octanol–water partition coefficient (Wildman–Crippen LogP) is 2.58. The van der Waals surface area contributed by atoms with Crippen LogP contribution in [0.25, 0.3) is 0 Å². The Bertz CT molecular complexity index is 880. The molecule has 1 saturated heterocycles. The average Bonchev–Trinajstić information content (AvgIpc) is 3.12. The first kappa shape index (κ1) is 20.4. The van der Waals surface area contributed by atoms with Gasteiger partial charge in [0.25, 0.3) is 5.91 Å². The minimum absolute atomic E-state index is 0.138. The van der Waals surface area contributed by atoms with Crippen molar-refractivity contribution in [3.63, 3.8) is 0 Å². The Balaban J connectivity index is 1.49. The molecule has 3 amide bonds. The van der Waals surface area contributed by atoms with Crippen molar-refractivity contribution in [2.45, 2.75) is 26.3 Å². The number of rotatable bonds is 8. The molecule has 7 nitrogen and oxygen atoms in total. The van der Waals surface area contributed by atoms with Gasteiger partial charge in [-0.1, -0.05) is 12.1 Å². The number of anilines is 1. The first-order chi connectivity index (χ1) is 14.0. The highest BCUT2D eigenvalue weighted by molar-refractivity contribution is 5.99. The molecule has 152 valence electrons. The van der Waals surface area contributed by atoms with Gasteiger partial charge in [0.15, 0.2) is 0 Å². The van der Waals surface area contributed by atoms with Crippen LogP contribution in [0.1, 0.15) is 35.7 Å². The molecular formula is C22H25N3O4. The summed E-state index contributed by atoms with van der Waals surface area (Å²) in [5, 5.41) is 5.38. The van der Waals surface area contributed by atoms with Crippen molar-refractivity contribution in [3.05, 3.63) is 59.7 Å². The third kappa shape index (κ3) is 5.81. The lowest BCUT2D eigenvalue weighted by Gasteiger charge is -2.16. The Labute approximate surface area is 170 Å². The standard InChI is InChI=1S/C22H25N3O4/c1-2-29-19-10-8-17(9-11-19)22(28)23-14-20(26)24-18-6-3-5-16(13-18)15-25-12-4-7-21(25)27/h3,5-6,8-11,13H,2,4,7,12,14-15H2,1H3,(H,23,28)(H,24,26). The van der Waals surface area contributed by atoms with Gasteiger partial charge in [-0.3, -0.25) is 14.4 Å². The average molecular weight is 395 g/mol. The summed E-state index contributed by atoms with van der Waals surface area (Å²) < 4.78 is 5.34. The van der Waals surface area contributed by atoms with Crippen molar-refractivity contribution in [2.75, 3.05) is 25.0 Å². The van der Waals surface area contributed by atoms with E-state index in [0.717, 1.165) is 18.5 Å². The van der Waals surface area contributed by atoms with E-state index in [2.05, 4.69) is 10.6 Å². The van der Waals surface area contributed by atoms with Crippen LogP contribution >= 0.6 is 0 Å². The maximum absolute atomic E-state index is 12.2. The van der Waals surface area contributed by atoms with E-state index in [1.54, 1.807) is 30.3 Å². The molecule has 1 fully saturated rings. The van der Waals surface area contributed by atoms with Crippen LogP contribution in [0.5, 0.6) is 5.75 Å². The number of hydrogen-bond acceptors (Lipinski definition) is 4. The molecule has 0 saturated carbocycles. The van der Waals surface area contributed by atoms with E-state index in [-0.39, 0.29) is 24.3 Å². The highest BCUT2D eigenvalue weighted by Crippen LogP contribution is 2.17. The molecule has 1 aliphatic rings. The van der Waals surface area contributed by atoms with E-state index < -0.39 is 0 Å². The molecule has 3 rings (SSSR count). The van der Waals surface area contributed by atoms with Crippen molar-refractivity contribution in [3.8, 4) is 5.75 Å². The molecule has 0 radical (unpaired) electrons. The topological polar surface area (TPSA) is 87.7 Å². The molecule has 0 aliphatic carbocycles. The molecule has 0 spiro atoms. The van der Waals surface area contributed by atoms with E-state index in [4.69, 9.17) is 4.74 Å². The number of benzene rings is 2. The lowest BCUT2D eigenvalue weighted by Crippen LogP contribution is -2.32. The van der Waals surface area contributed by atoms with Crippen LogP contribution in [-0.4, -0.2) is 42.3 Å². The molecular weight excluding hydrogens is 370 g/mol. The van der Waals surface area contributed by atoms with Crippen molar-refractivity contribution < 1.29 is 19.1 Å². The third-order valence-corrected chi connectivity index (χ3v) is 4.59. The number of nitrogens with zero attached hydrogens (tertiary/aromatic N) is 1. The molecule has 2 aromatic carbocycles. The van der Waals surface area contributed by atoms with E-state index >= 15 is 0 Å². The van der Waals surface area contributed by atoms with Crippen molar-refractivity contribution in [1.82, 2.24) is 10.2 Å². The summed E-state index contributed by atoms with van der Waals surface area (Å²) >= 11 is 0. The summed E-state index contributed by atoms with van der Waals surface area (Å²) in [5.41, 5.74) is 2.05. The molecule has 0 atom stereocenters. The molecule has 0 bridgehead atoms. The van der Waals surface area contributed by atoms with Gasteiger partial charge in [0.1, 0.15) is 5.75 Å². The van der Waals surface area contributed by atoms with Gasteiger partial charge < -0.3 is 20.3 Å². The molecule has 0 unspecified atom stereocenters. The summed E-state index contributed by atoms with van der Waals surface area (Å²) in [7, 11) is 0. The van der Waals surface area contributed by atoms with Crippen molar-refractivity contribution in [2.24, 2.45) is 0 Å². The molecule has 7 heteroatoms. The lowest BCUT2D eigenvalue weighted by molar-refractivity contribution is -0.128. The fourth-order valence-electron chi connectivity index (χ4n) is 3.18. The predicted molar refractivity (Wildman–Crippen MR) is 110 cm³/mol. The maximum atomic E-state index is 12.2. The van der Waals surface area contributed by atoms with Gasteiger partial charge >= 0.3 is 0 Å². The molecule has 2 aromatic rings. The zero-order valence-corrected chi connectivity index (χ0v) is 16.4. The van der Waals surface area contributed by atoms with Gasteiger partial charge in [0.2, 0.25) is 11.8 Å². The van der Waals surface area contributed by atoms with Crippen LogP contribution < -0.4 is 15.4 Å². The number of amides is 3. The number of likely N-dealkylation sites (tertiary alicyclic amines) is 1. The Kier molecular flexibility index (Phi) is 6.84. The fourth-order valence-corrected chi connectivity index (χ4v) is 3.18. The van der Waals surface area contributed by atoms with Gasteiger partial charge in [-0.15, -0.1) is 0 Å². The highest BCUT2D eigenvalue weighted by atomic mass is 16.5. The highest BCUT2D eigenvalue weighted by Gasteiger charge is 2.20. The van der Waals surface area contributed by atoms with E-state index in [1.807, 2.05) is 30.0 Å². The number of nitrogens with one attached hydrogen (secondary N) is 2. The smallest absolute Gasteiger partial charge is 0.251 e. The van der Waals surface area contributed by atoms with Gasteiger partial charge in [-0.25, -0.2) is 0 Å². The minimum Gasteiger partial charge on any atom is -0.494 e. The first-order valence-electron chi connectivity index (χ1n) is 9.73. The minimum atomic E-state index is -0.329. The summed E-state index contributed by atoms with van der Waals surface area (Å²) in [5.74, 6) is 0.205. The van der Waals surface area contributed by atoms with Crippen LogP contribution in [0.2, 0.25) is 0 Å². The normalized spacial score (nSPS) is 13.3. The Morgan fingerprint density at radius 3 is 2.62 bits per heavy atom. The van der Waals surface area contributed by atoms with Crippen LogP contribution in [0.4, 0.5) is 5.69 Å². The monoisotopic (exact) mass is 395 g/mol. The Hall–Kier alpha value is -3.35. The lowest BCUT2D eigenvalue weighted by atomic mass is 10.2. The van der Waals surface area contributed by atoms with Crippen LogP contribution in [0, 0.1) is 0 Å². The number of ether oxygens (including phenoxy) is 1. The maximum Gasteiger partial charge on any atom is 0.251 e. The number of carbonyl (C=O) groups is 3. The molecule has 1 aliphatic heterocycles. The van der Waals surface area contributed by atoms with Gasteiger partial charge in [-0.2, -0.15) is 0 Å². The molecule has 2 N–H and O–H groups in total. The van der Waals surface area contributed by atoms with Crippen molar-refractivity contribution >= 4 is 23.4 Å². The van der Waals surface area contributed by atoms with Crippen LogP contribution in [0.3, 0.4) is 0 Å². The van der Waals surface area contributed by atoms with Crippen LogP contribution in [0.15, 0.2) is 48.5 Å². The molecule has 29 heavy (non-hydrogen) atoms. The van der Waals surface area contributed by atoms with Gasteiger partial charge in [0, 0.05) is 30.8 Å². The second kappa shape index (κ2) is 9.73. The van der Waals surface area contributed by atoms with Crippen LogP contribution in [-0.2, 0) is 16.1 Å². The van der Waals surface area contributed by atoms with Gasteiger partial charge in [-0.05, 0) is 55.3 Å².